The van der Waals surface area contributed by atoms with E-state index in [1.54, 1.807) is 0 Å². The van der Waals surface area contributed by atoms with Gasteiger partial charge in [0.15, 0.2) is 0 Å². The Morgan fingerprint density at radius 3 is 2.71 bits per heavy atom. The van der Waals surface area contributed by atoms with Crippen LogP contribution in [0.3, 0.4) is 0 Å². The summed E-state index contributed by atoms with van der Waals surface area (Å²) in [5.41, 5.74) is 1.50. The zero-order valence-electron chi connectivity index (χ0n) is 11.4. The lowest BCUT2D eigenvalue weighted by Gasteiger charge is -2.08. The maximum Gasteiger partial charge on any atom is 0.0302 e. The third kappa shape index (κ3) is 6.20. The zero-order valence-corrected chi connectivity index (χ0v) is 12.2. The fourth-order valence-electron chi connectivity index (χ4n) is 1.80. The first-order chi connectivity index (χ1) is 8.24. The number of nitrogens with one attached hydrogen (secondary N) is 2. The minimum Gasteiger partial charge on any atom is -0.315 e. The Morgan fingerprint density at radius 2 is 2.00 bits per heavy atom. The molecule has 0 fully saturated rings. The molecule has 0 saturated carbocycles. The molecule has 0 spiro atoms. The molecule has 2 N–H and O–H groups in total. The largest absolute Gasteiger partial charge is 0.315 e. The third-order valence-corrected chi connectivity index (χ3v) is 3.80. The summed E-state index contributed by atoms with van der Waals surface area (Å²) in [6.07, 6.45) is 3.67. The second-order valence-electron chi connectivity index (χ2n) is 4.72. The number of hydrogen-bond donors (Lipinski definition) is 2. The van der Waals surface area contributed by atoms with Crippen molar-refractivity contribution < 1.29 is 0 Å². The van der Waals surface area contributed by atoms with Gasteiger partial charge >= 0.3 is 0 Å². The summed E-state index contributed by atoms with van der Waals surface area (Å²) >= 11 is 1.87. The highest BCUT2D eigenvalue weighted by molar-refractivity contribution is 7.10. The monoisotopic (exact) mass is 254 g/mol. The summed E-state index contributed by atoms with van der Waals surface area (Å²) in [6.45, 7) is 9.92. The summed E-state index contributed by atoms with van der Waals surface area (Å²) in [4.78, 5) is 1.51. The molecule has 0 bridgehead atoms. The van der Waals surface area contributed by atoms with Gasteiger partial charge in [-0.3, -0.25) is 0 Å². The average molecular weight is 254 g/mol. The Hall–Kier alpha value is -0.380. The quantitative estimate of drug-likeness (QED) is 0.661. The van der Waals surface area contributed by atoms with Gasteiger partial charge in [0.05, 0.1) is 0 Å². The Bertz CT molecular complexity index is 294. The maximum atomic E-state index is 3.53. The molecule has 0 aliphatic carbocycles. The van der Waals surface area contributed by atoms with E-state index in [1.165, 1.54) is 23.3 Å². The summed E-state index contributed by atoms with van der Waals surface area (Å²) in [5.74, 6) is 0. The van der Waals surface area contributed by atoms with Gasteiger partial charge in [-0.1, -0.05) is 20.8 Å². The first-order valence-corrected chi connectivity index (χ1v) is 7.61. The molecule has 0 saturated heterocycles. The topological polar surface area (TPSA) is 24.1 Å². The van der Waals surface area contributed by atoms with Crippen LogP contribution in [0.15, 0.2) is 11.4 Å². The predicted molar refractivity (Wildman–Crippen MR) is 77.8 cm³/mol. The van der Waals surface area contributed by atoms with E-state index in [2.05, 4.69) is 42.9 Å². The van der Waals surface area contributed by atoms with Crippen LogP contribution in [0.25, 0.3) is 0 Å². The van der Waals surface area contributed by atoms with Crippen LogP contribution < -0.4 is 10.6 Å². The van der Waals surface area contributed by atoms with Crippen molar-refractivity contribution in [3.63, 3.8) is 0 Å². The zero-order chi connectivity index (χ0) is 12.5. The van der Waals surface area contributed by atoms with E-state index >= 15 is 0 Å². The van der Waals surface area contributed by atoms with Crippen LogP contribution in [-0.2, 0) is 13.0 Å². The van der Waals surface area contributed by atoms with Crippen LogP contribution in [-0.4, -0.2) is 19.1 Å². The van der Waals surface area contributed by atoms with Gasteiger partial charge in [0.1, 0.15) is 0 Å². The molecule has 17 heavy (non-hydrogen) atoms. The Labute approximate surface area is 110 Å². The van der Waals surface area contributed by atoms with E-state index in [-0.39, 0.29) is 0 Å². The molecule has 0 aromatic carbocycles. The molecule has 1 aromatic heterocycles. The van der Waals surface area contributed by atoms with Gasteiger partial charge < -0.3 is 10.6 Å². The lowest BCUT2D eigenvalue weighted by molar-refractivity contribution is 0.542. The van der Waals surface area contributed by atoms with Gasteiger partial charge in [-0.05, 0) is 49.4 Å². The fourth-order valence-corrected chi connectivity index (χ4v) is 2.75. The molecule has 0 unspecified atom stereocenters. The van der Waals surface area contributed by atoms with E-state index in [4.69, 9.17) is 0 Å². The Morgan fingerprint density at radius 1 is 1.24 bits per heavy atom. The van der Waals surface area contributed by atoms with E-state index in [0.717, 1.165) is 26.1 Å². The summed E-state index contributed by atoms with van der Waals surface area (Å²) in [6, 6.07) is 2.86. The summed E-state index contributed by atoms with van der Waals surface area (Å²) < 4.78 is 0. The van der Waals surface area contributed by atoms with Crippen LogP contribution in [0.5, 0.6) is 0 Å². The molecule has 1 aromatic rings. The fraction of sp³-hybridized carbons (Fsp3) is 0.714. The molecule has 0 aliphatic heterocycles. The van der Waals surface area contributed by atoms with Gasteiger partial charge in [-0.2, -0.15) is 0 Å². The molecule has 0 aliphatic rings. The van der Waals surface area contributed by atoms with Crippen LogP contribution in [0.4, 0.5) is 0 Å². The van der Waals surface area contributed by atoms with E-state index in [9.17, 15) is 0 Å². The molecular weight excluding hydrogens is 228 g/mol. The van der Waals surface area contributed by atoms with Gasteiger partial charge in [0, 0.05) is 17.5 Å². The molecule has 1 rings (SSSR count). The van der Waals surface area contributed by atoms with Crippen molar-refractivity contribution in [2.75, 3.05) is 13.1 Å². The molecule has 0 atom stereocenters. The standard InChI is InChI=1S/C14H26N2S/c1-4-13-7-10-17-14(13)11-15-8-5-6-9-16-12(2)3/h7,10,12,15-16H,4-6,8-9,11H2,1-3H3. The van der Waals surface area contributed by atoms with E-state index in [0.29, 0.717) is 6.04 Å². The molecule has 2 nitrogen and oxygen atoms in total. The van der Waals surface area contributed by atoms with E-state index < -0.39 is 0 Å². The number of hydrogen-bond acceptors (Lipinski definition) is 3. The van der Waals surface area contributed by atoms with Crippen molar-refractivity contribution >= 4 is 11.3 Å². The first-order valence-electron chi connectivity index (χ1n) is 6.73. The van der Waals surface area contributed by atoms with Crippen LogP contribution >= 0.6 is 11.3 Å². The molecule has 1 heterocycles. The predicted octanol–water partition coefficient (Wildman–Crippen LogP) is 3.18. The highest BCUT2D eigenvalue weighted by atomic mass is 32.1. The Balaban J connectivity index is 2.01. The normalized spacial score (nSPS) is 11.3. The van der Waals surface area contributed by atoms with Gasteiger partial charge in [0.25, 0.3) is 0 Å². The van der Waals surface area contributed by atoms with Crippen LogP contribution in [0, 0.1) is 0 Å². The van der Waals surface area contributed by atoms with Crippen LogP contribution in [0.1, 0.15) is 44.1 Å². The van der Waals surface area contributed by atoms with Crippen molar-refractivity contribution in [3.8, 4) is 0 Å². The minimum atomic E-state index is 0.612. The van der Waals surface area contributed by atoms with E-state index in [1.807, 2.05) is 11.3 Å². The van der Waals surface area contributed by atoms with Crippen molar-refractivity contribution in [1.29, 1.82) is 0 Å². The molecular formula is C14H26N2S. The number of rotatable bonds is 9. The molecule has 3 heteroatoms. The number of thiophene rings is 1. The van der Waals surface area contributed by atoms with Gasteiger partial charge in [-0.15, -0.1) is 11.3 Å². The van der Waals surface area contributed by atoms with Gasteiger partial charge in [-0.25, -0.2) is 0 Å². The SMILES string of the molecule is CCc1ccsc1CNCCCCNC(C)C. The first kappa shape index (κ1) is 14.7. The second-order valence-corrected chi connectivity index (χ2v) is 5.72. The highest BCUT2D eigenvalue weighted by Gasteiger charge is 2.01. The molecule has 0 amide bonds. The van der Waals surface area contributed by atoms with Crippen LogP contribution in [0.2, 0.25) is 0 Å². The minimum absolute atomic E-state index is 0.612. The van der Waals surface area contributed by atoms with Gasteiger partial charge in [0.2, 0.25) is 0 Å². The lowest BCUT2D eigenvalue weighted by Crippen LogP contribution is -2.24. The average Bonchev–Trinajstić information content (AvgIpc) is 2.74. The maximum absolute atomic E-state index is 3.53. The third-order valence-electron chi connectivity index (χ3n) is 2.84. The highest BCUT2D eigenvalue weighted by Crippen LogP contribution is 2.16. The van der Waals surface area contributed by atoms with Crippen molar-refractivity contribution in [1.82, 2.24) is 10.6 Å². The lowest BCUT2D eigenvalue weighted by atomic mass is 10.2. The summed E-state index contributed by atoms with van der Waals surface area (Å²) in [7, 11) is 0. The smallest absolute Gasteiger partial charge is 0.0302 e. The van der Waals surface area contributed by atoms with Crippen molar-refractivity contribution in [2.24, 2.45) is 0 Å². The molecule has 98 valence electrons. The van der Waals surface area contributed by atoms with Crippen molar-refractivity contribution in [3.05, 3.63) is 21.9 Å². The second kappa shape index (κ2) is 8.67. The number of unbranched alkanes of at least 4 members (excludes halogenated alkanes) is 1. The molecule has 0 radical (unpaired) electrons. The van der Waals surface area contributed by atoms with Crippen molar-refractivity contribution in [2.45, 2.75) is 52.6 Å². The Kier molecular flexibility index (Phi) is 7.49. The number of aryl methyl sites for hydroxylation is 1. The summed E-state index contributed by atoms with van der Waals surface area (Å²) in [5, 5.41) is 9.17.